The summed E-state index contributed by atoms with van der Waals surface area (Å²) >= 11 is 12.1. The van der Waals surface area contributed by atoms with Crippen molar-refractivity contribution in [2.24, 2.45) is 0 Å². The average Bonchev–Trinajstić information content (AvgIpc) is 2.44. The molecular formula is C16H24Cl3NO3. The molecule has 0 unspecified atom stereocenters. The summed E-state index contributed by atoms with van der Waals surface area (Å²) in [6.45, 7) is 9.37. The predicted molar refractivity (Wildman–Crippen MR) is 97.5 cm³/mol. The van der Waals surface area contributed by atoms with E-state index in [1.54, 1.807) is 12.1 Å². The van der Waals surface area contributed by atoms with E-state index in [1.165, 1.54) is 7.11 Å². The second kappa shape index (κ2) is 10.2. The molecule has 0 fully saturated rings. The van der Waals surface area contributed by atoms with Crippen LogP contribution >= 0.6 is 35.6 Å². The van der Waals surface area contributed by atoms with Gasteiger partial charge in [-0.15, -0.1) is 12.4 Å². The highest BCUT2D eigenvalue weighted by Crippen LogP contribution is 2.34. The molecule has 0 bridgehead atoms. The van der Waals surface area contributed by atoms with Gasteiger partial charge in [-0.25, -0.2) is 4.79 Å². The molecule has 0 heterocycles. The number of carbonyl (C=O) groups is 1. The van der Waals surface area contributed by atoms with Gasteiger partial charge in [0.1, 0.15) is 12.2 Å². The second-order valence-electron chi connectivity index (χ2n) is 5.50. The van der Waals surface area contributed by atoms with Crippen LogP contribution in [-0.2, 0) is 4.74 Å². The molecule has 1 aromatic carbocycles. The molecule has 0 spiro atoms. The van der Waals surface area contributed by atoms with Crippen molar-refractivity contribution in [3.05, 3.63) is 27.7 Å². The van der Waals surface area contributed by atoms with Crippen molar-refractivity contribution in [3.63, 3.8) is 0 Å². The van der Waals surface area contributed by atoms with E-state index in [2.05, 4.69) is 32.6 Å². The van der Waals surface area contributed by atoms with Gasteiger partial charge in [0.2, 0.25) is 0 Å². The van der Waals surface area contributed by atoms with Crippen LogP contribution in [0.25, 0.3) is 0 Å². The van der Waals surface area contributed by atoms with Gasteiger partial charge in [-0.1, -0.05) is 23.2 Å². The van der Waals surface area contributed by atoms with E-state index in [0.717, 1.165) is 0 Å². The van der Waals surface area contributed by atoms with E-state index in [1.807, 2.05) is 0 Å². The predicted octanol–water partition coefficient (Wildman–Crippen LogP) is 4.70. The SMILES string of the molecule is COc1c(Cl)ccc(Cl)c1C(=O)OCCN(C(C)C)C(C)C.Cl. The van der Waals surface area contributed by atoms with Crippen LogP contribution in [0.3, 0.4) is 0 Å². The Morgan fingerprint density at radius 2 is 1.65 bits per heavy atom. The smallest absolute Gasteiger partial charge is 0.343 e. The van der Waals surface area contributed by atoms with Gasteiger partial charge in [-0.3, -0.25) is 4.90 Å². The van der Waals surface area contributed by atoms with E-state index in [0.29, 0.717) is 23.7 Å². The zero-order valence-corrected chi connectivity index (χ0v) is 16.4. The van der Waals surface area contributed by atoms with Crippen molar-refractivity contribution in [1.29, 1.82) is 0 Å². The molecule has 0 N–H and O–H groups in total. The van der Waals surface area contributed by atoms with Crippen molar-refractivity contribution in [1.82, 2.24) is 4.90 Å². The quantitative estimate of drug-likeness (QED) is 0.639. The zero-order valence-electron chi connectivity index (χ0n) is 14.1. The number of esters is 1. The van der Waals surface area contributed by atoms with Crippen LogP contribution < -0.4 is 4.74 Å². The molecule has 0 amide bonds. The first-order valence-electron chi connectivity index (χ1n) is 7.24. The summed E-state index contributed by atoms with van der Waals surface area (Å²) in [6, 6.07) is 3.89. The number of carbonyl (C=O) groups excluding carboxylic acids is 1. The van der Waals surface area contributed by atoms with Gasteiger partial charge in [0.15, 0.2) is 5.75 Å². The van der Waals surface area contributed by atoms with Gasteiger partial charge in [0.25, 0.3) is 0 Å². The Morgan fingerprint density at radius 3 is 2.13 bits per heavy atom. The van der Waals surface area contributed by atoms with Crippen LogP contribution in [0.2, 0.25) is 10.0 Å². The average molecular weight is 385 g/mol. The number of nitrogens with zero attached hydrogens (tertiary/aromatic N) is 1. The molecule has 0 aliphatic rings. The molecule has 132 valence electrons. The van der Waals surface area contributed by atoms with Crippen LogP contribution in [0.15, 0.2) is 12.1 Å². The van der Waals surface area contributed by atoms with Crippen molar-refractivity contribution in [2.75, 3.05) is 20.3 Å². The molecule has 0 aromatic heterocycles. The minimum Gasteiger partial charge on any atom is -0.494 e. The molecule has 1 aromatic rings. The number of hydrogen-bond acceptors (Lipinski definition) is 4. The maximum absolute atomic E-state index is 12.3. The third kappa shape index (κ3) is 6.03. The maximum atomic E-state index is 12.3. The summed E-state index contributed by atoms with van der Waals surface area (Å²) in [4.78, 5) is 14.5. The van der Waals surface area contributed by atoms with E-state index < -0.39 is 5.97 Å². The molecule has 4 nitrogen and oxygen atoms in total. The van der Waals surface area contributed by atoms with Crippen molar-refractivity contribution in [3.8, 4) is 5.75 Å². The Labute approximate surface area is 154 Å². The Bertz CT molecular complexity index is 514. The highest BCUT2D eigenvalue weighted by molar-refractivity contribution is 6.37. The van der Waals surface area contributed by atoms with Crippen LogP contribution in [0, 0.1) is 0 Å². The van der Waals surface area contributed by atoms with Gasteiger partial charge < -0.3 is 9.47 Å². The van der Waals surface area contributed by atoms with E-state index in [4.69, 9.17) is 32.7 Å². The molecule has 0 aliphatic heterocycles. The normalized spacial score (nSPS) is 10.9. The number of rotatable bonds is 7. The molecule has 0 radical (unpaired) electrons. The third-order valence-corrected chi connectivity index (χ3v) is 3.99. The molecule has 0 atom stereocenters. The lowest BCUT2D eigenvalue weighted by molar-refractivity contribution is 0.0414. The Hall–Kier alpha value is -0.680. The van der Waals surface area contributed by atoms with Crippen LogP contribution in [-0.4, -0.2) is 43.2 Å². The summed E-state index contributed by atoms with van der Waals surface area (Å²) in [5.74, 6) is -0.291. The van der Waals surface area contributed by atoms with E-state index in [-0.39, 0.29) is 35.3 Å². The minimum atomic E-state index is -0.531. The fourth-order valence-corrected chi connectivity index (χ4v) is 2.81. The lowest BCUT2D eigenvalue weighted by Crippen LogP contribution is -2.39. The van der Waals surface area contributed by atoms with E-state index in [9.17, 15) is 4.79 Å². The molecule has 0 aliphatic carbocycles. The number of methoxy groups -OCH3 is 1. The highest BCUT2D eigenvalue weighted by atomic mass is 35.5. The van der Waals surface area contributed by atoms with Crippen LogP contribution in [0.1, 0.15) is 38.1 Å². The Morgan fingerprint density at radius 1 is 1.13 bits per heavy atom. The van der Waals surface area contributed by atoms with Gasteiger partial charge in [-0.2, -0.15) is 0 Å². The summed E-state index contributed by atoms with van der Waals surface area (Å²) in [5, 5.41) is 0.584. The maximum Gasteiger partial charge on any atom is 0.343 e. The van der Waals surface area contributed by atoms with E-state index >= 15 is 0 Å². The van der Waals surface area contributed by atoms with Crippen molar-refractivity contribution < 1.29 is 14.3 Å². The molecular weight excluding hydrogens is 361 g/mol. The highest BCUT2D eigenvalue weighted by Gasteiger charge is 2.21. The molecule has 1 rings (SSSR count). The van der Waals surface area contributed by atoms with Crippen LogP contribution in [0.4, 0.5) is 0 Å². The summed E-state index contributed by atoms with van der Waals surface area (Å²) < 4.78 is 10.5. The second-order valence-corrected chi connectivity index (χ2v) is 6.31. The van der Waals surface area contributed by atoms with Gasteiger partial charge in [0, 0.05) is 18.6 Å². The Balaban J connectivity index is 0.00000484. The number of hydrogen-bond donors (Lipinski definition) is 0. The Kier molecular flexibility index (Phi) is 9.94. The summed E-state index contributed by atoms with van der Waals surface area (Å²) in [7, 11) is 1.44. The molecule has 7 heteroatoms. The largest absolute Gasteiger partial charge is 0.494 e. The lowest BCUT2D eigenvalue weighted by Gasteiger charge is -2.30. The molecule has 0 saturated heterocycles. The third-order valence-electron chi connectivity index (χ3n) is 3.38. The molecule has 23 heavy (non-hydrogen) atoms. The topological polar surface area (TPSA) is 38.8 Å². The standard InChI is InChI=1S/C16H23Cl2NO3.ClH/c1-10(2)19(11(3)4)8-9-22-16(20)14-12(17)6-7-13(18)15(14)21-5;/h6-7,10-11H,8-9H2,1-5H3;1H. The monoisotopic (exact) mass is 383 g/mol. The number of ether oxygens (including phenoxy) is 2. The van der Waals surface area contributed by atoms with Crippen LogP contribution in [0.5, 0.6) is 5.75 Å². The number of benzene rings is 1. The summed E-state index contributed by atoms with van der Waals surface area (Å²) in [5.41, 5.74) is 0.164. The van der Waals surface area contributed by atoms with Crippen molar-refractivity contribution in [2.45, 2.75) is 39.8 Å². The van der Waals surface area contributed by atoms with Gasteiger partial charge in [-0.05, 0) is 39.8 Å². The first-order chi connectivity index (χ1) is 10.3. The van der Waals surface area contributed by atoms with Gasteiger partial charge >= 0.3 is 5.97 Å². The van der Waals surface area contributed by atoms with Gasteiger partial charge in [0.05, 0.1) is 17.2 Å². The summed E-state index contributed by atoms with van der Waals surface area (Å²) in [6.07, 6.45) is 0. The first kappa shape index (κ1) is 22.3. The number of halogens is 3. The molecule has 0 saturated carbocycles. The first-order valence-corrected chi connectivity index (χ1v) is 8.00. The fourth-order valence-electron chi connectivity index (χ4n) is 2.35. The van der Waals surface area contributed by atoms with Crippen molar-refractivity contribution >= 4 is 41.6 Å². The minimum absolute atomic E-state index is 0. The lowest BCUT2D eigenvalue weighted by atomic mass is 10.2. The zero-order chi connectivity index (χ0) is 16.9. The fraction of sp³-hybridized carbons (Fsp3) is 0.562.